The van der Waals surface area contributed by atoms with Gasteiger partial charge in [0.25, 0.3) is 5.56 Å². The van der Waals surface area contributed by atoms with Gasteiger partial charge in [0.1, 0.15) is 11.9 Å². The molecule has 0 amide bonds. The summed E-state index contributed by atoms with van der Waals surface area (Å²) < 4.78 is 27.9. The summed E-state index contributed by atoms with van der Waals surface area (Å²) in [5, 5.41) is 26.8. The fraction of sp³-hybridized carbons (Fsp3) is 0.364. The van der Waals surface area contributed by atoms with E-state index in [1.54, 1.807) is 29.1 Å². The third-order valence-electron chi connectivity index (χ3n) is 6.44. The van der Waals surface area contributed by atoms with E-state index in [0.717, 1.165) is 30.0 Å². The molecule has 0 bridgehead atoms. The lowest BCUT2D eigenvalue weighted by Gasteiger charge is -2.27. The second-order valence-corrected chi connectivity index (χ2v) is 10.5. The Balaban J connectivity index is 1.53. The molecule has 0 unspecified atom stereocenters. The van der Waals surface area contributed by atoms with Crippen molar-refractivity contribution in [2.45, 2.75) is 43.2 Å². The number of hydrogen-bond donors (Lipinski definition) is 3. The summed E-state index contributed by atoms with van der Waals surface area (Å²) in [7, 11) is -3.87. The van der Waals surface area contributed by atoms with E-state index < -0.39 is 22.5 Å². The van der Waals surface area contributed by atoms with Crippen molar-refractivity contribution in [1.29, 1.82) is 5.26 Å². The van der Waals surface area contributed by atoms with E-state index in [0.29, 0.717) is 28.0 Å². The van der Waals surface area contributed by atoms with Crippen molar-refractivity contribution >= 4 is 38.4 Å². The zero-order valence-corrected chi connectivity index (χ0v) is 18.9. The van der Waals surface area contributed by atoms with Crippen LogP contribution >= 0.6 is 0 Å². The first-order valence-electron chi connectivity index (χ1n) is 10.9. The van der Waals surface area contributed by atoms with Gasteiger partial charge in [-0.3, -0.25) is 14.3 Å². The minimum absolute atomic E-state index is 0.0544. The normalized spacial score (nSPS) is 21.7. The number of hydrogen-bond acceptors (Lipinski definition) is 7. The van der Waals surface area contributed by atoms with Gasteiger partial charge in [-0.2, -0.15) is 14.7 Å². The van der Waals surface area contributed by atoms with Crippen LogP contribution in [0.15, 0.2) is 40.2 Å². The molecule has 12 heteroatoms. The molecule has 1 aliphatic heterocycles. The number of carboxylic acids is 1. The van der Waals surface area contributed by atoms with Crippen LogP contribution in [0.2, 0.25) is 0 Å². The molecule has 2 atom stereocenters. The Morgan fingerprint density at radius 2 is 2.09 bits per heavy atom. The smallest absolute Gasteiger partial charge is 0.318 e. The van der Waals surface area contributed by atoms with Crippen LogP contribution < -0.4 is 10.9 Å². The molecule has 3 N–H and O–H groups in total. The molecule has 2 aromatic heterocycles. The molecule has 0 saturated heterocycles. The van der Waals surface area contributed by atoms with Crippen LogP contribution in [-0.2, 0) is 21.4 Å². The van der Waals surface area contributed by atoms with E-state index in [1.807, 2.05) is 0 Å². The number of aromatic nitrogens is 3. The number of nitrogens with zero attached hydrogens (tertiary/aromatic N) is 4. The average Bonchev–Trinajstić information content (AvgIpc) is 3.28. The molecule has 34 heavy (non-hydrogen) atoms. The number of nitriles is 1. The molecule has 11 nitrogen and oxygen atoms in total. The summed E-state index contributed by atoms with van der Waals surface area (Å²) in [4.78, 5) is 26.5. The molecule has 0 spiro atoms. The summed E-state index contributed by atoms with van der Waals surface area (Å²) in [6.07, 6.45) is 5.07. The molecule has 3 aromatic rings. The van der Waals surface area contributed by atoms with Gasteiger partial charge in [0.15, 0.2) is 5.82 Å². The third-order valence-corrected chi connectivity index (χ3v) is 8.33. The van der Waals surface area contributed by atoms with Crippen molar-refractivity contribution in [2.24, 2.45) is 5.92 Å². The summed E-state index contributed by atoms with van der Waals surface area (Å²) in [5.41, 5.74) is 1.27. The molecule has 1 aromatic carbocycles. The number of carbonyl (C=O) groups is 1. The van der Waals surface area contributed by atoms with Crippen LogP contribution in [0.4, 0.5) is 11.5 Å². The van der Waals surface area contributed by atoms with Crippen molar-refractivity contribution in [2.75, 3.05) is 11.9 Å². The maximum atomic E-state index is 12.7. The number of fused-ring (bicyclic) bond motifs is 2. The van der Waals surface area contributed by atoms with E-state index in [-0.39, 0.29) is 29.0 Å². The molecule has 3 heterocycles. The van der Waals surface area contributed by atoms with Gasteiger partial charge in [-0.15, -0.1) is 0 Å². The number of nitrogens with one attached hydrogen (secondary N) is 2. The first kappa shape index (κ1) is 22.1. The Morgan fingerprint density at radius 3 is 2.85 bits per heavy atom. The Kier molecular flexibility index (Phi) is 5.38. The Hall–Kier alpha value is -3.69. The third kappa shape index (κ3) is 3.63. The average molecular weight is 483 g/mol. The Bertz CT molecular complexity index is 1500. The van der Waals surface area contributed by atoms with E-state index in [9.17, 15) is 23.3 Å². The number of aromatic amines is 1. The highest BCUT2D eigenvalue weighted by molar-refractivity contribution is 7.89. The highest BCUT2D eigenvalue weighted by atomic mass is 32.2. The number of pyridine rings is 1. The lowest BCUT2D eigenvalue weighted by atomic mass is 9.85. The number of rotatable bonds is 5. The van der Waals surface area contributed by atoms with Gasteiger partial charge < -0.3 is 15.4 Å². The summed E-state index contributed by atoms with van der Waals surface area (Å²) in [5.74, 6) is -1.12. The maximum Gasteiger partial charge on any atom is 0.318 e. The van der Waals surface area contributed by atoms with Gasteiger partial charge in [-0.05, 0) is 42.7 Å². The Morgan fingerprint density at radius 1 is 1.29 bits per heavy atom. The molecule has 1 saturated carbocycles. The van der Waals surface area contributed by atoms with Crippen LogP contribution in [-0.4, -0.2) is 45.1 Å². The SMILES string of the molecule is N#C[C@H]1CCCC[C@@H]1n1nc(Nc2ccc3c(c2)CN(CC(=O)O)S3(=O)=O)c2c(=O)[nH]ccc21. The number of aliphatic carboxylic acids is 1. The van der Waals surface area contributed by atoms with E-state index in [1.165, 1.54) is 6.07 Å². The van der Waals surface area contributed by atoms with E-state index in [2.05, 4.69) is 21.5 Å². The predicted molar refractivity (Wildman–Crippen MR) is 122 cm³/mol. The monoisotopic (exact) mass is 482 g/mol. The second kappa shape index (κ2) is 8.27. The molecule has 0 radical (unpaired) electrons. The molecule has 2 aliphatic rings. The number of H-pyrrole nitrogens is 1. The maximum absolute atomic E-state index is 12.7. The zero-order chi connectivity index (χ0) is 24.0. The first-order chi connectivity index (χ1) is 16.3. The molecule has 176 valence electrons. The molecular weight excluding hydrogens is 460 g/mol. The van der Waals surface area contributed by atoms with Gasteiger partial charge in [-0.25, -0.2) is 8.42 Å². The Labute approximate surface area is 194 Å². The van der Waals surface area contributed by atoms with Crippen LogP contribution in [0.5, 0.6) is 0 Å². The number of anilines is 2. The topological polar surface area (TPSA) is 161 Å². The summed E-state index contributed by atoms with van der Waals surface area (Å²) >= 11 is 0. The summed E-state index contributed by atoms with van der Waals surface area (Å²) in [6.45, 7) is -0.674. The highest BCUT2D eigenvalue weighted by Crippen LogP contribution is 2.37. The van der Waals surface area contributed by atoms with Crippen molar-refractivity contribution in [3.05, 3.63) is 46.4 Å². The standard InChI is InChI=1S/C22H22N6O5S/c23-10-13-3-1-2-4-16(13)28-17-7-8-24-22(31)20(17)21(26-28)25-15-5-6-18-14(9-15)11-27(12-19(29)30)34(18,32)33/h5-9,13,16H,1-4,11-12H2,(H,24,31)(H,25,26)(H,29,30)/t13-,16+/m1/s1. The minimum atomic E-state index is -3.87. The van der Waals surface area contributed by atoms with Crippen LogP contribution in [0.25, 0.3) is 10.9 Å². The first-order valence-corrected chi connectivity index (χ1v) is 12.3. The van der Waals surface area contributed by atoms with Crippen molar-refractivity contribution in [3.63, 3.8) is 0 Å². The number of carboxylic acid groups (broad SMARTS) is 1. The zero-order valence-electron chi connectivity index (χ0n) is 18.1. The van der Waals surface area contributed by atoms with Gasteiger partial charge in [0.2, 0.25) is 10.0 Å². The number of benzene rings is 1. The van der Waals surface area contributed by atoms with Crippen LogP contribution in [0.1, 0.15) is 37.3 Å². The second-order valence-electron chi connectivity index (χ2n) is 8.56. The van der Waals surface area contributed by atoms with Crippen LogP contribution in [0, 0.1) is 17.2 Å². The van der Waals surface area contributed by atoms with E-state index in [4.69, 9.17) is 5.11 Å². The highest BCUT2D eigenvalue weighted by Gasteiger charge is 2.36. The number of sulfonamides is 1. The quantitative estimate of drug-likeness (QED) is 0.499. The van der Waals surface area contributed by atoms with Gasteiger partial charge in [-0.1, -0.05) is 12.8 Å². The molecule has 1 fully saturated rings. The molecule has 5 rings (SSSR count). The van der Waals surface area contributed by atoms with Crippen molar-refractivity contribution < 1.29 is 18.3 Å². The van der Waals surface area contributed by atoms with Gasteiger partial charge in [0, 0.05) is 18.4 Å². The predicted octanol–water partition coefficient (Wildman–Crippen LogP) is 2.31. The largest absolute Gasteiger partial charge is 0.480 e. The van der Waals surface area contributed by atoms with Gasteiger partial charge in [0.05, 0.1) is 28.4 Å². The summed E-state index contributed by atoms with van der Waals surface area (Å²) in [6, 6.07) is 8.59. The van der Waals surface area contributed by atoms with Crippen molar-refractivity contribution in [1.82, 2.24) is 19.1 Å². The van der Waals surface area contributed by atoms with Crippen molar-refractivity contribution in [3.8, 4) is 6.07 Å². The van der Waals surface area contributed by atoms with Crippen LogP contribution in [0.3, 0.4) is 0 Å². The van der Waals surface area contributed by atoms with E-state index >= 15 is 0 Å². The lowest BCUT2D eigenvalue weighted by Crippen LogP contribution is -2.30. The minimum Gasteiger partial charge on any atom is -0.480 e. The molecule has 1 aliphatic carbocycles. The fourth-order valence-corrected chi connectivity index (χ4v) is 6.43. The van der Waals surface area contributed by atoms with Gasteiger partial charge >= 0.3 is 5.97 Å². The lowest BCUT2D eigenvalue weighted by molar-refractivity contribution is -0.137. The molecular formula is C22H22N6O5S. The fourth-order valence-electron chi connectivity index (χ4n) is 4.87.